The number of hydrogen-bond acceptors (Lipinski definition) is 7. The summed E-state index contributed by atoms with van der Waals surface area (Å²) in [6.45, 7) is 0. The van der Waals surface area contributed by atoms with Gasteiger partial charge in [-0.3, -0.25) is 25.7 Å². The molecule has 3 rings (SSSR count). The van der Waals surface area contributed by atoms with Gasteiger partial charge in [0.2, 0.25) is 5.84 Å². The van der Waals surface area contributed by atoms with Crippen LogP contribution < -0.4 is 5.43 Å². The third-order valence-corrected chi connectivity index (χ3v) is 3.72. The summed E-state index contributed by atoms with van der Waals surface area (Å²) in [5, 5.41) is 34.0. The number of anilines is 1. The van der Waals surface area contributed by atoms with Crippen molar-refractivity contribution in [3.8, 4) is 0 Å². The molecule has 0 saturated carbocycles. The van der Waals surface area contributed by atoms with Gasteiger partial charge in [0, 0.05) is 29.8 Å². The van der Waals surface area contributed by atoms with E-state index in [1.807, 2.05) is 30.3 Å². The van der Waals surface area contributed by atoms with E-state index in [0.29, 0.717) is 11.3 Å². The highest BCUT2D eigenvalue weighted by atomic mass is 16.6. The molecule has 0 aliphatic carbocycles. The summed E-state index contributed by atoms with van der Waals surface area (Å²) in [5.41, 5.74) is 4.35. The minimum absolute atomic E-state index is 0.0565. The Morgan fingerprint density at radius 1 is 0.759 bits per heavy atom. The van der Waals surface area contributed by atoms with Gasteiger partial charge in [-0.1, -0.05) is 18.2 Å². The van der Waals surface area contributed by atoms with Gasteiger partial charge in [-0.05, 0) is 36.4 Å². The Kier molecular flexibility index (Phi) is 5.96. The number of para-hydroxylation sites is 1. The van der Waals surface area contributed by atoms with E-state index in [0.717, 1.165) is 5.69 Å². The van der Waals surface area contributed by atoms with Gasteiger partial charge in [-0.25, -0.2) is 0 Å². The molecule has 0 radical (unpaired) electrons. The number of hydrogen-bond donors (Lipinski definition) is 1. The minimum Gasteiger partial charge on any atom is -0.276 e. The van der Waals surface area contributed by atoms with E-state index in [9.17, 15) is 20.2 Å². The fourth-order valence-electron chi connectivity index (χ4n) is 2.25. The summed E-state index contributed by atoms with van der Waals surface area (Å²) >= 11 is 0. The van der Waals surface area contributed by atoms with Crippen molar-refractivity contribution in [2.45, 2.75) is 0 Å². The zero-order valence-corrected chi connectivity index (χ0v) is 14.9. The molecule has 0 heterocycles. The van der Waals surface area contributed by atoms with Crippen molar-refractivity contribution in [1.82, 2.24) is 0 Å². The molecule has 3 aromatic rings. The van der Waals surface area contributed by atoms with Crippen molar-refractivity contribution < 1.29 is 9.85 Å². The Morgan fingerprint density at radius 2 is 1.31 bits per heavy atom. The number of nitro benzene ring substituents is 2. The molecular weight excluding hydrogens is 376 g/mol. The molecule has 0 aromatic heterocycles. The van der Waals surface area contributed by atoms with Crippen LogP contribution in [-0.2, 0) is 0 Å². The van der Waals surface area contributed by atoms with E-state index in [2.05, 4.69) is 20.8 Å². The first-order chi connectivity index (χ1) is 14.0. The van der Waals surface area contributed by atoms with Crippen LogP contribution in [-0.4, -0.2) is 15.7 Å². The molecule has 0 spiro atoms. The number of nitrogens with one attached hydrogen (secondary N) is 1. The van der Waals surface area contributed by atoms with Crippen molar-refractivity contribution >= 4 is 28.6 Å². The molecule has 0 saturated heterocycles. The molecule has 0 bridgehead atoms. The predicted molar refractivity (Wildman–Crippen MR) is 107 cm³/mol. The maximum atomic E-state index is 10.9. The van der Waals surface area contributed by atoms with Gasteiger partial charge in [0.15, 0.2) is 0 Å². The van der Waals surface area contributed by atoms with Crippen molar-refractivity contribution in [2.24, 2.45) is 15.3 Å². The molecule has 144 valence electrons. The maximum Gasteiger partial charge on any atom is 0.269 e. The van der Waals surface area contributed by atoms with Crippen LogP contribution in [0, 0.1) is 20.2 Å². The number of amidine groups is 1. The van der Waals surface area contributed by atoms with Crippen LogP contribution in [0.15, 0.2) is 94.2 Å². The van der Waals surface area contributed by atoms with Crippen molar-refractivity contribution in [3.05, 3.63) is 105 Å². The SMILES string of the molecule is O=[N+]([O-])c1ccc(N=NC(=NNc2ccccc2)c2ccc([N+](=O)[O-])cc2)cc1. The van der Waals surface area contributed by atoms with Crippen LogP contribution in [0.4, 0.5) is 22.7 Å². The summed E-state index contributed by atoms with van der Waals surface area (Å²) in [4.78, 5) is 20.6. The summed E-state index contributed by atoms with van der Waals surface area (Å²) in [5.74, 6) is 0.183. The van der Waals surface area contributed by atoms with Crippen molar-refractivity contribution in [3.63, 3.8) is 0 Å². The number of benzene rings is 3. The lowest BCUT2D eigenvalue weighted by atomic mass is 10.2. The van der Waals surface area contributed by atoms with E-state index in [4.69, 9.17) is 0 Å². The number of hydrazone groups is 1. The van der Waals surface area contributed by atoms with Crippen LogP contribution in [0.3, 0.4) is 0 Å². The van der Waals surface area contributed by atoms with Gasteiger partial charge in [0.25, 0.3) is 11.4 Å². The Morgan fingerprint density at radius 3 is 1.86 bits per heavy atom. The molecule has 0 aliphatic rings. The lowest BCUT2D eigenvalue weighted by molar-refractivity contribution is -0.385. The summed E-state index contributed by atoms with van der Waals surface area (Å²) in [6, 6.07) is 20.4. The first-order valence-corrected chi connectivity index (χ1v) is 8.33. The van der Waals surface area contributed by atoms with Crippen LogP contribution in [0.1, 0.15) is 5.56 Å². The third-order valence-electron chi connectivity index (χ3n) is 3.72. The number of non-ortho nitro benzene ring substituents is 2. The normalized spacial score (nSPS) is 11.4. The van der Waals surface area contributed by atoms with E-state index in [1.54, 1.807) is 0 Å². The van der Waals surface area contributed by atoms with Gasteiger partial charge in [0.1, 0.15) is 0 Å². The van der Waals surface area contributed by atoms with Crippen molar-refractivity contribution in [1.29, 1.82) is 0 Å². The summed E-state index contributed by atoms with van der Waals surface area (Å²) in [7, 11) is 0. The molecule has 1 N–H and O–H groups in total. The fourth-order valence-corrected chi connectivity index (χ4v) is 2.25. The van der Waals surface area contributed by atoms with Crippen LogP contribution >= 0.6 is 0 Å². The lowest BCUT2D eigenvalue weighted by Gasteiger charge is -2.03. The average molecular weight is 390 g/mol. The van der Waals surface area contributed by atoms with Crippen LogP contribution in [0.5, 0.6) is 0 Å². The Balaban J connectivity index is 1.89. The topological polar surface area (TPSA) is 135 Å². The predicted octanol–water partition coefficient (Wildman–Crippen LogP) is 5.06. The van der Waals surface area contributed by atoms with E-state index < -0.39 is 9.85 Å². The fraction of sp³-hybridized carbons (Fsp3) is 0. The molecule has 0 fully saturated rings. The van der Waals surface area contributed by atoms with E-state index in [-0.39, 0.29) is 17.2 Å². The molecule has 10 nitrogen and oxygen atoms in total. The van der Waals surface area contributed by atoms with Gasteiger partial charge in [-0.2, -0.15) is 5.10 Å². The quantitative estimate of drug-likeness (QED) is 0.206. The second-order valence-electron chi connectivity index (χ2n) is 5.69. The molecule has 10 heteroatoms. The molecule has 3 aromatic carbocycles. The average Bonchev–Trinajstić information content (AvgIpc) is 2.75. The highest BCUT2D eigenvalue weighted by molar-refractivity contribution is 5.99. The van der Waals surface area contributed by atoms with Gasteiger partial charge in [0.05, 0.1) is 21.2 Å². The zero-order chi connectivity index (χ0) is 20.6. The molecule has 0 amide bonds. The number of nitrogens with zero attached hydrogens (tertiary/aromatic N) is 5. The van der Waals surface area contributed by atoms with E-state index in [1.165, 1.54) is 48.5 Å². The smallest absolute Gasteiger partial charge is 0.269 e. The lowest BCUT2D eigenvalue weighted by Crippen LogP contribution is -2.01. The second-order valence-corrected chi connectivity index (χ2v) is 5.69. The molecule has 29 heavy (non-hydrogen) atoms. The Hall–Kier alpha value is -4.47. The Labute approximate surface area is 164 Å². The standard InChI is InChI=1S/C19H14N6O4/c26-24(27)17-10-6-14(7-11-17)19(22-20-15-4-2-1-3-5-15)23-21-16-8-12-18(13-9-16)25(28)29/h1-13,20H. The molecule has 0 atom stereocenters. The molecule has 0 unspecified atom stereocenters. The first kappa shape index (κ1) is 19.3. The van der Waals surface area contributed by atoms with Crippen molar-refractivity contribution in [2.75, 3.05) is 5.43 Å². The first-order valence-electron chi connectivity index (χ1n) is 8.33. The van der Waals surface area contributed by atoms with Gasteiger partial charge in [-0.15, -0.1) is 10.2 Å². The molecular formula is C19H14N6O4. The largest absolute Gasteiger partial charge is 0.276 e. The maximum absolute atomic E-state index is 10.9. The zero-order valence-electron chi connectivity index (χ0n) is 14.9. The highest BCUT2D eigenvalue weighted by Crippen LogP contribution is 2.19. The van der Waals surface area contributed by atoms with Crippen LogP contribution in [0.25, 0.3) is 0 Å². The highest BCUT2D eigenvalue weighted by Gasteiger charge is 2.09. The summed E-state index contributed by atoms with van der Waals surface area (Å²) < 4.78 is 0. The van der Waals surface area contributed by atoms with Crippen LogP contribution in [0.2, 0.25) is 0 Å². The summed E-state index contributed by atoms with van der Waals surface area (Å²) in [6.07, 6.45) is 0. The monoisotopic (exact) mass is 390 g/mol. The number of rotatable bonds is 6. The second kappa shape index (κ2) is 8.95. The molecule has 0 aliphatic heterocycles. The number of nitro groups is 2. The Bertz CT molecular complexity index is 1060. The van der Waals surface area contributed by atoms with E-state index >= 15 is 0 Å². The minimum atomic E-state index is -0.505. The number of azo groups is 1. The van der Waals surface area contributed by atoms with Gasteiger partial charge < -0.3 is 0 Å². The van der Waals surface area contributed by atoms with Gasteiger partial charge >= 0.3 is 0 Å². The third kappa shape index (κ3) is 5.26.